The molecule has 0 unspecified atom stereocenters. The molecule has 0 bridgehead atoms. The quantitative estimate of drug-likeness (QED) is 0.124. The first-order chi connectivity index (χ1) is 29.4. The molecule has 0 amide bonds. The second-order valence-corrected chi connectivity index (χ2v) is 24.5. The molecule has 0 spiro atoms. The van der Waals surface area contributed by atoms with Crippen LogP contribution in [0, 0.1) is 43.9 Å². The van der Waals surface area contributed by atoms with E-state index in [1.54, 1.807) is 13.8 Å². The Bertz CT molecular complexity index is 763. The molecule has 3 rings (SSSR count). The predicted molar refractivity (Wildman–Crippen MR) is 258 cm³/mol. The Labute approximate surface area is 433 Å². The molecule has 3 fully saturated rings. The number of aliphatic carboxylic acids is 3. The van der Waals surface area contributed by atoms with Crippen molar-refractivity contribution in [2.75, 3.05) is 26.4 Å². The van der Waals surface area contributed by atoms with E-state index in [1.165, 1.54) is 57.8 Å². The van der Waals surface area contributed by atoms with Gasteiger partial charge >= 0.3 is 124 Å². The zero-order valence-electron chi connectivity index (χ0n) is 38.5. The minimum absolute atomic E-state index is 0.0775. The first-order valence-electron chi connectivity index (χ1n) is 20.5. The van der Waals surface area contributed by atoms with Gasteiger partial charge in [0.25, 0.3) is 0 Å². The fourth-order valence-corrected chi connectivity index (χ4v) is 4.08. The average molecular weight is 1580 g/mol. The summed E-state index contributed by atoms with van der Waals surface area (Å²) in [6.07, 6.45) is 16.8. The summed E-state index contributed by atoms with van der Waals surface area (Å²) in [6, 6.07) is 0.427. The van der Waals surface area contributed by atoms with Crippen LogP contribution in [0.4, 0.5) is 0 Å². The number of carbonyl (C=O) groups is 3. The van der Waals surface area contributed by atoms with E-state index in [0.29, 0.717) is 31.0 Å². The Morgan fingerprint density at radius 2 is 0.667 bits per heavy atom. The molecule has 13 nitrogen and oxygen atoms in total. The second kappa shape index (κ2) is 72.9. The molecule has 3 aliphatic rings. The molecule has 0 saturated heterocycles. The van der Waals surface area contributed by atoms with Crippen LogP contribution in [0.5, 0.6) is 0 Å². The minimum atomic E-state index is -0.745. The number of rotatable bonds is 6. The molecule has 3 saturated carbocycles. The summed E-state index contributed by atoms with van der Waals surface area (Å²) >= 11 is -1.42. The fourth-order valence-electron chi connectivity index (χ4n) is 4.08. The first-order valence-corrected chi connectivity index (χ1v) is 37.4. The predicted octanol–water partition coefficient (Wildman–Crippen LogP) is 13.6. The van der Waals surface area contributed by atoms with E-state index in [1.807, 2.05) is 34.6 Å². The first kappa shape index (κ1) is 84.8. The number of hydrogen-bond donors (Lipinski definition) is 7. The molecule has 0 aromatic rings. The molecule has 10 N–H and O–H groups in total. The number of carboxylic acid groups (broad SMARTS) is 3. The summed E-state index contributed by atoms with van der Waals surface area (Å²) in [5.41, 5.74) is 22.2. The number of hydrogen-bond acceptors (Lipinski definition) is 7. The van der Waals surface area contributed by atoms with Crippen LogP contribution >= 0.6 is 56.5 Å². The summed E-state index contributed by atoms with van der Waals surface area (Å²) in [7, 11) is 29.2. The summed E-state index contributed by atoms with van der Waals surface area (Å²) in [5, 5.41) is 54.7. The summed E-state index contributed by atoms with van der Waals surface area (Å²) in [6.45, 7) is 24.8. The normalized spacial score (nSPS) is 20.2. The van der Waals surface area contributed by atoms with Crippen molar-refractivity contribution in [2.45, 2.75) is 176 Å². The van der Waals surface area contributed by atoms with Crippen LogP contribution in [0.15, 0.2) is 0 Å². The summed E-state index contributed by atoms with van der Waals surface area (Å²) in [4.78, 5) is 28.8. The van der Waals surface area contributed by atoms with Crippen LogP contribution in [0.2, 0.25) is 0 Å². The third-order valence-corrected chi connectivity index (χ3v) is 7.56. The van der Waals surface area contributed by atoms with Crippen molar-refractivity contribution in [1.82, 2.24) is 0 Å². The summed E-state index contributed by atoms with van der Waals surface area (Å²) < 4.78 is 0. The van der Waals surface area contributed by atoms with Crippen LogP contribution in [0.1, 0.15) is 158 Å². The molecular weight excluding hydrogens is 1490 g/mol. The van der Waals surface area contributed by atoms with E-state index in [4.69, 9.17) is 109 Å². The number of nitrogens with one attached hydrogen (secondary N) is 3. The van der Waals surface area contributed by atoms with Crippen molar-refractivity contribution < 1.29 is 99.6 Å². The Morgan fingerprint density at radius 1 is 0.492 bits per heavy atom. The topological polar surface area (TPSA) is 264 Å². The van der Waals surface area contributed by atoms with Gasteiger partial charge in [0.1, 0.15) is 0 Å². The maximum atomic E-state index is 10.0. The second-order valence-electron chi connectivity index (χ2n) is 14.6. The fraction of sp³-hybridized carbons (Fsp3) is 0.854. The molecule has 0 aromatic carbocycles. The Morgan fingerprint density at radius 3 is 0.714 bits per heavy atom. The van der Waals surface area contributed by atoms with Crippen LogP contribution < -0.4 is 0 Å². The molecule has 0 radical (unpaired) electrons. The van der Waals surface area contributed by atoms with Gasteiger partial charge in [-0.15, -0.1) is 0 Å². The van der Waals surface area contributed by atoms with Gasteiger partial charge in [-0.3, -0.25) is 14.4 Å². The maximum absolute atomic E-state index is 10.0. The Kier molecular flexibility index (Phi) is 98.2. The number of aliphatic hydroxyl groups is 4. The Balaban J connectivity index is -0.0000000736. The monoisotopic (exact) mass is 1570 g/mol. The van der Waals surface area contributed by atoms with Crippen LogP contribution in [-0.2, 0) is 63.8 Å². The van der Waals surface area contributed by atoms with E-state index in [0.717, 1.165) is 32.1 Å². The molecule has 63 heavy (non-hydrogen) atoms. The molecule has 396 valence electrons. The van der Waals surface area contributed by atoms with Crippen molar-refractivity contribution in [2.24, 2.45) is 23.2 Å². The van der Waals surface area contributed by atoms with Gasteiger partial charge in [-0.2, -0.15) is 35.9 Å². The van der Waals surface area contributed by atoms with Gasteiger partial charge in [0, 0.05) is 26.1 Å². The van der Waals surface area contributed by atoms with E-state index in [2.05, 4.69) is 20.8 Å². The van der Waals surface area contributed by atoms with Crippen molar-refractivity contribution in [3.8, 4) is 0 Å². The summed E-state index contributed by atoms with van der Waals surface area (Å²) in [5.74, 6) is -0.955. The van der Waals surface area contributed by atoms with Crippen molar-refractivity contribution in [1.29, 1.82) is 0 Å². The third kappa shape index (κ3) is 111. The third-order valence-electron chi connectivity index (χ3n) is 7.56. The van der Waals surface area contributed by atoms with Crippen LogP contribution in [0.25, 0.3) is 17.2 Å². The molecular formula is C41H85Cl6N3O10Pt3. The number of carboxylic acids is 3. The average Bonchev–Trinajstić information content (AvgIpc) is 3.22. The molecule has 0 aliphatic heterocycles. The van der Waals surface area contributed by atoms with E-state index in [9.17, 15) is 14.4 Å². The van der Waals surface area contributed by atoms with Gasteiger partial charge in [-0.05, 0) is 18.3 Å². The van der Waals surface area contributed by atoms with Gasteiger partial charge in [-0.1, -0.05) is 126 Å². The molecule has 0 heterocycles. The van der Waals surface area contributed by atoms with Crippen LogP contribution in [-0.4, -0.2) is 98.2 Å². The Hall–Kier alpha value is 1.93. The molecule has 0 aromatic heterocycles. The van der Waals surface area contributed by atoms with Crippen molar-refractivity contribution in [3.05, 3.63) is 38.0 Å². The number of aliphatic hydroxyl groups excluding tert-OH is 4. The van der Waals surface area contributed by atoms with Crippen molar-refractivity contribution in [3.63, 3.8) is 0 Å². The van der Waals surface area contributed by atoms with Gasteiger partial charge in [0.2, 0.25) is 0 Å². The van der Waals surface area contributed by atoms with E-state index >= 15 is 0 Å². The zero-order chi connectivity index (χ0) is 51.7. The molecule has 6 atom stereocenters. The standard InChI is InChI=1S/3C7H13N.C6H12O2.2C3H6O2.2C3H8O.C2H6O2.6ClH.3Pt/c3*1-6-4-2-3-5-7(6)8;1-6(2,3)4-5(7)8;2*1-2-3(4)5;2*1-2-3-4;3-1-2-4;;;;;;;;;/h3*6-8H,1-5H2;4H2,1-3H3,(H,7,8);2*2H2,1H3,(H,4,5);2*4H,2-3H2,1H3;3-4H,1-2H2;6*1H;;;/q3*-2;;;;;;;;;;;;;3*+4/p-6/t3*6-,7-;;;;;;;;;;;;;;;/m111.............../s1. The van der Waals surface area contributed by atoms with Crippen LogP contribution in [0.3, 0.4) is 0 Å². The number of halogens is 6. The van der Waals surface area contributed by atoms with E-state index < -0.39 is 67.4 Å². The van der Waals surface area contributed by atoms with E-state index in [-0.39, 0.29) is 56.0 Å². The van der Waals surface area contributed by atoms with Gasteiger partial charge in [-0.25, -0.2) is 0 Å². The molecule has 22 heteroatoms. The van der Waals surface area contributed by atoms with Gasteiger partial charge in [0.15, 0.2) is 0 Å². The van der Waals surface area contributed by atoms with Crippen molar-refractivity contribution >= 4 is 74.4 Å². The van der Waals surface area contributed by atoms with Gasteiger partial charge in [0.05, 0.1) is 19.6 Å². The molecule has 3 aliphatic carbocycles. The SMILES string of the molecule is CC(C)(C)CC(=O)O.CCC(=O)O.CCC(=O)O.CCCO.CCCO.OCCO.[CH2-][C@@H]1CCCC[C@H]1[NH-].[CH2-][C@@H]1CCCC[C@H]1[NH-].[CH2-][C@@H]1CCCC[C@H]1[NH-].[Cl][Pt+2][Cl].[Cl][Pt+2][Cl].[Cl][Pt+2][Cl]. The van der Waals surface area contributed by atoms with Gasteiger partial charge < -0.3 is 73.7 Å². The zero-order valence-corrected chi connectivity index (χ0v) is 49.9.